The number of hydrogen-bond donors (Lipinski definition) is 1. The van der Waals surface area contributed by atoms with Gasteiger partial charge in [0.25, 0.3) is 0 Å². The van der Waals surface area contributed by atoms with Crippen LogP contribution < -0.4 is 5.73 Å². The first-order chi connectivity index (χ1) is 9.65. The topological polar surface area (TPSA) is 43.1 Å². The fraction of sp³-hybridized carbons (Fsp3) is 0. The fourth-order valence-electron chi connectivity index (χ4n) is 2.32. The first kappa shape index (κ1) is 12.9. The molecule has 0 saturated heterocycles. The van der Waals surface area contributed by atoms with Gasteiger partial charge in [-0.3, -0.25) is 4.79 Å². The molecule has 0 aliphatic heterocycles. The number of rotatable bonds is 2. The number of carbonyl (C=O) groups is 1. The van der Waals surface area contributed by atoms with Crippen molar-refractivity contribution in [1.82, 2.24) is 0 Å². The Bertz CT molecular complexity index is 785. The van der Waals surface area contributed by atoms with Crippen LogP contribution in [0.25, 0.3) is 10.8 Å². The zero-order chi connectivity index (χ0) is 14.1. The highest BCUT2D eigenvalue weighted by atomic mass is 79.9. The zero-order valence-electron chi connectivity index (χ0n) is 10.6. The first-order valence-electron chi connectivity index (χ1n) is 6.24. The molecule has 3 heteroatoms. The van der Waals surface area contributed by atoms with Gasteiger partial charge >= 0.3 is 0 Å². The van der Waals surface area contributed by atoms with Crippen molar-refractivity contribution in [2.45, 2.75) is 0 Å². The van der Waals surface area contributed by atoms with E-state index < -0.39 is 0 Å². The quantitative estimate of drug-likeness (QED) is 0.560. The van der Waals surface area contributed by atoms with Crippen molar-refractivity contribution in [2.24, 2.45) is 0 Å². The van der Waals surface area contributed by atoms with Crippen LogP contribution in [0.15, 0.2) is 65.1 Å². The minimum absolute atomic E-state index is 0.0187. The number of fused-ring (bicyclic) bond motifs is 1. The van der Waals surface area contributed by atoms with Crippen LogP contribution in [0.5, 0.6) is 0 Å². The molecule has 0 atom stereocenters. The van der Waals surface area contributed by atoms with Crippen molar-refractivity contribution in [3.63, 3.8) is 0 Å². The Balaban J connectivity index is 2.17. The van der Waals surface area contributed by atoms with Crippen LogP contribution in [-0.2, 0) is 0 Å². The van der Waals surface area contributed by atoms with Crippen LogP contribution in [0, 0.1) is 0 Å². The molecule has 3 aromatic carbocycles. The predicted molar refractivity (Wildman–Crippen MR) is 85.9 cm³/mol. The summed E-state index contributed by atoms with van der Waals surface area (Å²) in [6, 6.07) is 18.9. The minimum atomic E-state index is -0.0187. The molecule has 0 heterocycles. The van der Waals surface area contributed by atoms with Crippen LogP contribution in [0.2, 0.25) is 0 Å². The lowest BCUT2D eigenvalue weighted by Gasteiger charge is -2.07. The lowest BCUT2D eigenvalue weighted by atomic mass is 9.97. The van der Waals surface area contributed by atoms with Crippen molar-refractivity contribution in [1.29, 1.82) is 0 Å². The Morgan fingerprint density at radius 2 is 1.70 bits per heavy atom. The van der Waals surface area contributed by atoms with Crippen LogP contribution in [0.4, 0.5) is 5.69 Å². The average molecular weight is 326 g/mol. The minimum Gasteiger partial charge on any atom is -0.399 e. The second-order valence-electron chi connectivity index (χ2n) is 4.63. The normalized spacial score (nSPS) is 10.7. The van der Waals surface area contributed by atoms with Crippen LogP contribution >= 0.6 is 15.9 Å². The van der Waals surface area contributed by atoms with E-state index in [1.807, 2.05) is 42.5 Å². The first-order valence-corrected chi connectivity index (χ1v) is 7.03. The van der Waals surface area contributed by atoms with E-state index in [1.165, 1.54) is 0 Å². The second kappa shape index (κ2) is 5.10. The summed E-state index contributed by atoms with van der Waals surface area (Å²) < 4.78 is 0.807. The molecule has 0 saturated carbocycles. The maximum absolute atomic E-state index is 12.7. The van der Waals surface area contributed by atoms with Crippen molar-refractivity contribution in [2.75, 3.05) is 5.73 Å². The van der Waals surface area contributed by atoms with Gasteiger partial charge in [-0.05, 0) is 29.0 Å². The van der Waals surface area contributed by atoms with E-state index in [4.69, 9.17) is 5.73 Å². The molecule has 2 nitrogen and oxygen atoms in total. The second-order valence-corrected chi connectivity index (χ2v) is 5.54. The van der Waals surface area contributed by atoms with Gasteiger partial charge in [0.2, 0.25) is 0 Å². The van der Waals surface area contributed by atoms with Crippen LogP contribution in [-0.4, -0.2) is 5.78 Å². The summed E-state index contributed by atoms with van der Waals surface area (Å²) in [6.07, 6.45) is 0. The Morgan fingerprint density at radius 1 is 0.950 bits per heavy atom. The van der Waals surface area contributed by atoms with E-state index >= 15 is 0 Å². The van der Waals surface area contributed by atoms with Gasteiger partial charge in [-0.25, -0.2) is 0 Å². The summed E-state index contributed by atoms with van der Waals surface area (Å²) in [4.78, 5) is 12.7. The number of ketones is 1. The maximum Gasteiger partial charge on any atom is 0.193 e. The molecule has 0 unspecified atom stereocenters. The summed E-state index contributed by atoms with van der Waals surface area (Å²) >= 11 is 3.37. The number of carbonyl (C=O) groups excluding carboxylic acids is 1. The smallest absolute Gasteiger partial charge is 0.193 e. The van der Waals surface area contributed by atoms with Crippen molar-refractivity contribution < 1.29 is 4.79 Å². The largest absolute Gasteiger partial charge is 0.399 e. The van der Waals surface area contributed by atoms with Gasteiger partial charge < -0.3 is 5.73 Å². The lowest BCUT2D eigenvalue weighted by Crippen LogP contribution is -2.03. The van der Waals surface area contributed by atoms with Gasteiger partial charge in [-0.15, -0.1) is 0 Å². The van der Waals surface area contributed by atoms with Gasteiger partial charge in [-0.1, -0.05) is 58.4 Å². The molecule has 3 rings (SSSR count). The monoisotopic (exact) mass is 325 g/mol. The number of nitrogen functional groups attached to an aromatic ring is 1. The SMILES string of the molecule is Nc1cc(Br)cc(C(=O)c2cccc3ccccc23)c1. The van der Waals surface area contributed by atoms with E-state index in [0.29, 0.717) is 16.8 Å². The summed E-state index contributed by atoms with van der Waals surface area (Å²) in [5.41, 5.74) is 7.66. The molecular formula is C17H12BrNO. The third-order valence-electron chi connectivity index (χ3n) is 3.22. The Hall–Kier alpha value is -2.13. The molecule has 0 aliphatic rings. The average Bonchev–Trinajstić information content (AvgIpc) is 2.45. The molecule has 0 aliphatic carbocycles. The number of hydrogen-bond acceptors (Lipinski definition) is 2. The van der Waals surface area contributed by atoms with E-state index in [9.17, 15) is 4.79 Å². The molecule has 98 valence electrons. The maximum atomic E-state index is 12.7. The molecule has 0 aromatic heterocycles. The molecule has 0 radical (unpaired) electrons. The summed E-state index contributed by atoms with van der Waals surface area (Å²) in [5.74, 6) is -0.0187. The van der Waals surface area contributed by atoms with E-state index in [2.05, 4.69) is 15.9 Å². The number of anilines is 1. The molecule has 0 amide bonds. The van der Waals surface area contributed by atoms with Gasteiger partial charge in [0, 0.05) is 21.3 Å². The molecule has 0 bridgehead atoms. The Kier molecular flexibility index (Phi) is 3.28. The molecule has 3 aromatic rings. The summed E-state index contributed by atoms with van der Waals surface area (Å²) in [5, 5.41) is 2.01. The van der Waals surface area contributed by atoms with E-state index in [1.54, 1.807) is 18.2 Å². The number of benzene rings is 3. The van der Waals surface area contributed by atoms with Crippen LogP contribution in [0.3, 0.4) is 0 Å². The molecule has 2 N–H and O–H groups in total. The lowest BCUT2D eigenvalue weighted by molar-refractivity contribution is 0.104. The molecule has 0 spiro atoms. The molecular weight excluding hydrogens is 314 g/mol. The van der Waals surface area contributed by atoms with Gasteiger partial charge in [0.05, 0.1) is 0 Å². The van der Waals surface area contributed by atoms with Crippen LogP contribution in [0.1, 0.15) is 15.9 Å². The highest BCUT2D eigenvalue weighted by Crippen LogP contribution is 2.24. The van der Waals surface area contributed by atoms with Gasteiger partial charge in [0.1, 0.15) is 0 Å². The predicted octanol–water partition coefficient (Wildman–Crippen LogP) is 4.42. The fourth-order valence-corrected chi connectivity index (χ4v) is 2.83. The third-order valence-corrected chi connectivity index (χ3v) is 3.67. The summed E-state index contributed by atoms with van der Waals surface area (Å²) in [7, 11) is 0. The molecule has 20 heavy (non-hydrogen) atoms. The Morgan fingerprint density at radius 3 is 2.50 bits per heavy atom. The van der Waals surface area contributed by atoms with Crippen molar-refractivity contribution in [3.05, 3.63) is 76.3 Å². The number of nitrogens with two attached hydrogens (primary N) is 1. The Labute approximate surface area is 125 Å². The third kappa shape index (κ3) is 2.32. The highest BCUT2D eigenvalue weighted by Gasteiger charge is 2.13. The van der Waals surface area contributed by atoms with Crippen molar-refractivity contribution in [3.8, 4) is 0 Å². The zero-order valence-corrected chi connectivity index (χ0v) is 12.2. The standard InChI is InChI=1S/C17H12BrNO/c18-13-8-12(9-14(19)10-13)17(20)16-7-3-5-11-4-1-2-6-15(11)16/h1-10H,19H2. The molecule has 0 fully saturated rings. The summed E-state index contributed by atoms with van der Waals surface area (Å²) in [6.45, 7) is 0. The van der Waals surface area contributed by atoms with Gasteiger partial charge in [-0.2, -0.15) is 0 Å². The number of halogens is 1. The van der Waals surface area contributed by atoms with Crippen molar-refractivity contribution >= 4 is 38.2 Å². The highest BCUT2D eigenvalue weighted by molar-refractivity contribution is 9.10. The van der Waals surface area contributed by atoms with E-state index in [-0.39, 0.29) is 5.78 Å². The van der Waals surface area contributed by atoms with Gasteiger partial charge in [0.15, 0.2) is 5.78 Å². The van der Waals surface area contributed by atoms with E-state index in [0.717, 1.165) is 15.2 Å².